The summed E-state index contributed by atoms with van der Waals surface area (Å²) in [5.41, 5.74) is 1.32. The van der Waals surface area contributed by atoms with Crippen molar-refractivity contribution in [3.05, 3.63) is 82.2 Å². The van der Waals surface area contributed by atoms with Gasteiger partial charge in [-0.05, 0) is 12.1 Å². The van der Waals surface area contributed by atoms with Crippen molar-refractivity contribution in [3.63, 3.8) is 0 Å². The van der Waals surface area contributed by atoms with E-state index in [4.69, 9.17) is 0 Å². The predicted molar refractivity (Wildman–Crippen MR) is 77.9 cm³/mol. The zero-order chi connectivity index (χ0) is 15.5. The lowest BCUT2D eigenvalue weighted by atomic mass is 10.1. The van der Waals surface area contributed by atoms with Gasteiger partial charge in [0.15, 0.2) is 5.69 Å². The molecule has 108 valence electrons. The molecule has 0 bridgehead atoms. The minimum Gasteiger partial charge on any atom is -0.287 e. The van der Waals surface area contributed by atoms with Crippen molar-refractivity contribution in [1.29, 1.82) is 0 Å². The fraction of sp³-hybridized carbons (Fsp3) is 0. The van der Waals surface area contributed by atoms with Crippen LogP contribution in [0.25, 0.3) is 5.69 Å². The van der Waals surface area contributed by atoms with Crippen molar-refractivity contribution in [2.75, 3.05) is 0 Å². The molecule has 0 saturated heterocycles. The molecule has 22 heavy (non-hydrogen) atoms. The summed E-state index contributed by atoms with van der Waals surface area (Å²) in [5.74, 6) is -0.228. The molecule has 0 amide bonds. The average molecular weight is 294 g/mol. The van der Waals surface area contributed by atoms with Crippen LogP contribution in [0.5, 0.6) is 0 Å². The molecule has 0 N–H and O–H groups in total. The molecule has 0 aliphatic heterocycles. The van der Waals surface area contributed by atoms with Crippen LogP contribution >= 0.6 is 0 Å². The molecular weight excluding hydrogens is 284 g/mol. The number of ketones is 1. The van der Waals surface area contributed by atoms with Gasteiger partial charge in [-0.25, -0.2) is 4.68 Å². The summed E-state index contributed by atoms with van der Waals surface area (Å²) in [4.78, 5) is 22.4. The van der Waals surface area contributed by atoms with Crippen molar-refractivity contribution in [2.24, 2.45) is 0 Å². The van der Waals surface area contributed by atoms with E-state index in [9.17, 15) is 14.9 Å². The SMILES string of the molecule is O=C(c1ccccc1)c1cn(-c2ccc([N+](=O)[O-])cc2)nn1. The molecule has 3 rings (SSSR count). The lowest BCUT2D eigenvalue weighted by molar-refractivity contribution is -0.384. The number of carbonyl (C=O) groups is 1. The second-order valence-corrected chi connectivity index (χ2v) is 4.52. The van der Waals surface area contributed by atoms with Crippen LogP contribution in [0.3, 0.4) is 0 Å². The van der Waals surface area contributed by atoms with Gasteiger partial charge in [0.25, 0.3) is 5.69 Å². The molecule has 0 saturated carbocycles. The first-order valence-electron chi connectivity index (χ1n) is 6.42. The monoisotopic (exact) mass is 294 g/mol. The zero-order valence-electron chi connectivity index (χ0n) is 11.3. The van der Waals surface area contributed by atoms with Gasteiger partial charge >= 0.3 is 0 Å². The highest BCUT2D eigenvalue weighted by atomic mass is 16.6. The molecule has 0 unspecified atom stereocenters. The van der Waals surface area contributed by atoms with E-state index >= 15 is 0 Å². The third kappa shape index (κ3) is 2.59. The van der Waals surface area contributed by atoms with Crippen LogP contribution in [0.2, 0.25) is 0 Å². The van der Waals surface area contributed by atoms with Gasteiger partial charge in [0.05, 0.1) is 16.8 Å². The quantitative estimate of drug-likeness (QED) is 0.418. The summed E-state index contributed by atoms with van der Waals surface area (Å²) in [7, 11) is 0. The number of hydrogen-bond acceptors (Lipinski definition) is 5. The highest BCUT2D eigenvalue weighted by Crippen LogP contribution is 2.15. The number of nitrogens with zero attached hydrogens (tertiary/aromatic N) is 4. The van der Waals surface area contributed by atoms with E-state index in [2.05, 4.69) is 10.3 Å². The summed E-state index contributed by atoms with van der Waals surface area (Å²) < 4.78 is 1.40. The zero-order valence-corrected chi connectivity index (χ0v) is 11.3. The Kier molecular flexibility index (Phi) is 3.45. The summed E-state index contributed by atoms with van der Waals surface area (Å²) in [6.07, 6.45) is 1.50. The first-order valence-corrected chi connectivity index (χ1v) is 6.42. The molecule has 7 heteroatoms. The van der Waals surface area contributed by atoms with Gasteiger partial charge in [-0.2, -0.15) is 0 Å². The number of nitro benzene ring substituents is 1. The van der Waals surface area contributed by atoms with Crippen molar-refractivity contribution in [1.82, 2.24) is 15.0 Å². The van der Waals surface area contributed by atoms with Gasteiger partial charge in [0, 0.05) is 17.7 Å². The number of non-ortho nitro benzene ring substituents is 1. The smallest absolute Gasteiger partial charge is 0.269 e. The van der Waals surface area contributed by atoms with E-state index in [0.29, 0.717) is 11.3 Å². The lowest BCUT2D eigenvalue weighted by Crippen LogP contribution is -2.01. The van der Waals surface area contributed by atoms with E-state index in [1.54, 1.807) is 36.4 Å². The summed E-state index contributed by atoms with van der Waals surface area (Å²) in [6, 6.07) is 14.6. The number of nitro groups is 1. The number of benzene rings is 2. The van der Waals surface area contributed by atoms with Crippen LogP contribution in [-0.2, 0) is 0 Å². The average Bonchev–Trinajstić information content (AvgIpc) is 3.05. The van der Waals surface area contributed by atoms with Crippen molar-refractivity contribution < 1.29 is 9.72 Å². The van der Waals surface area contributed by atoms with Gasteiger partial charge in [0.2, 0.25) is 5.78 Å². The topological polar surface area (TPSA) is 90.9 Å². The van der Waals surface area contributed by atoms with Crippen LogP contribution in [0.1, 0.15) is 16.1 Å². The Labute approximate surface area is 125 Å². The largest absolute Gasteiger partial charge is 0.287 e. The Hall–Kier alpha value is -3.35. The van der Waals surface area contributed by atoms with Crippen LogP contribution < -0.4 is 0 Å². The van der Waals surface area contributed by atoms with Gasteiger partial charge < -0.3 is 0 Å². The van der Waals surface area contributed by atoms with Gasteiger partial charge in [0.1, 0.15) is 0 Å². The Morgan fingerprint density at radius 1 is 1.05 bits per heavy atom. The minimum absolute atomic E-state index is 0.00977. The van der Waals surface area contributed by atoms with Crippen LogP contribution in [-0.4, -0.2) is 25.7 Å². The van der Waals surface area contributed by atoms with Crippen LogP contribution in [0, 0.1) is 10.1 Å². The van der Waals surface area contributed by atoms with Crippen molar-refractivity contribution in [3.8, 4) is 5.69 Å². The maximum Gasteiger partial charge on any atom is 0.269 e. The molecule has 0 radical (unpaired) electrons. The Morgan fingerprint density at radius 3 is 2.36 bits per heavy atom. The summed E-state index contributed by atoms with van der Waals surface area (Å²) in [6.45, 7) is 0. The summed E-state index contributed by atoms with van der Waals surface area (Å²) >= 11 is 0. The van der Waals surface area contributed by atoms with E-state index in [0.717, 1.165) is 0 Å². The number of carbonyl (C=O) groups excluding carboxylic acids is 1. The summed E-state index contributed by atoms with van der Waals surface area (Å²) in [5, 5.41) is 18.4. The Morgan fingerprint density at radius 2 is 1.73 bits per heavy atom. The van der Waals surface area contributed by atoms with Gasteiger partial charge in [-0.3, -0.25) is 14.9 Å². The van der Waals surface area contributed by atoms with E-state index in [1.165, 1.54) is 23.0 Å². The first kappa shape index (κ1) is 13.6. The van der Waals surface area contributed by atoms with Crippen LogP contribution in [0.4, 0.5) is 5.69 Å². The maximum absolute atomic E-state index is 12.2. The second-order valence-electron chi connectivity index (χ2n) is 4.52. The predicted octanol–water partition coefficient (Wildman–Crippen LogP) is 2.41. The number of rotatable bonds is 4. The molecule has 0 atom stereocenters. The van der Waals surface area contributed by atoms with E-state index in [-0.39, 0.29) is 17.2 Å². The molecule has 0 fully saturated rings. The van der Waals surface area contributed by atoms with Gasteiger partial charge in [-0.15, -0.1) is 5.10 Å². The normalized spacial score (nSPS) is 10.4. The Bertz CT molecular complexity index is 826. The molecule has 2 aromatic carbocycles. The second kappa shape index (κ2) is 5.57. The van der Waals surface area contributed by atoms with Crippen molar-refractivity contribution in [2.45, 2.75) is 0 Å². The minimum atomic E-state index is -0.477. The highest BCUT2D eigenvalue weighted by molar-refractivity contribution is 6.07. The van der Waals surface area contributed by atoms with Crippen LogP contribution in [0.15, 0.2) is 60.8 Å². The maximum atomic E-state index is 12.2. The number of aromatic nitrogens is 3. The van der Waals surface area contributed by atoms with E-state index < -0.39 is 4.92 Å². The third-order valence-electron chi connectivity index (χ3n) is 3.09. The van der Waals surface area contributed by atoms with Gasteiger partial charge in [-0.1, -0.05) is 35.5 Å². The Balaban J connectivity index is 1.87. The first-order chi connectivity index (χ1) is 10.6. The molecular formula is C15H10N4O3. The molecule has 0 aliphatic rings. The lowest BCUT2D eigenvalue weighted by Gasteiger charge is -1.98. The van der Waals surface area contributed by atoms with E-state index in [1.807, 2.05) is 6.07 Å². The highest BCUT2D eigenvalue weighted by Gasteiger charge is 2.14. The molecule has 3 aromatic rings. The fourth-order valence-corrected chi connectivity index (χ4v) is 1.96. The third-order valence-corrected chi connectivity index (χ3v) is 3.09. The number of hydrogen-bond donors (Lipinski definition) is 0. The molecule has 1 heterocycles. The molecule has 0 aliphatic carbocycles. The fourth-order valence-electron chi connectivity index (χ4n) is 1.96. The molecule has 7 nitrogen and oxygen atoms in total. The van der Waals surface area contributed by atoms with Crippen molar-refractivity contribution >= 4 is 11.5 Å². The molecule has 0 spiro atoms. The standard InChI is InChI=1S/C15H10N4O3/c20-15(11-4-2-1-3-5-11)14-10-18(17-16-14)12-6-8-13(9-7-12)19(21)22/h1-10H. The molecule has 1 aromatic heterocycles.